The highest BCUT2D eigenvalue weighted by molar-refractivity contribution is 5.97. The molecule has 0 aliphatic heterocycles. The summed E-state index contributed by atoms with van der Waals surface area (Å²) in [6.45, 7) is 5.00. The molecule has 1 rings (SSSR count). The molecule has 1 aliphatic carbocycles. The van der Waals surface area contributed by atoms with Crippen LogP contribution in [0.3, 0.4) is 0 Å². The molecule has 4 N–H and O–H groups in total. The van der Waals surface area contributed by atoms with Gasteiger partial charge in [0.1, 0.15) is 11.8 Å². The van der Waals surface area contributed by atoms with Crippen LogP contribution in [0.1, 0.15) is 33.6 Å². The Morgan fingerprint density at radius 2 is 1.95 bits per heavy atom. The van der Waals surface area contributed by atoms with Crippen molar-refractivity contribution >= 4 is 17.5 Å². The van der Waals surface area contributed by atoms with Crippen LogP contribution in [-0.4, -0.2) is 39.4 Å². The van der Waals surface area contributed by atoms with E-state index in [1.54, 1.807) is 0 Å². The summed E-state index contributed by atoms with van der Waals surface area (Å²) in [4.78, 5) is 34.9. The molecule has 0 heterocycles. The number of Topliss-reactive ketones (excluding diaryl/α,β-unsaturated/α-hetero) is 2. The van der Waals surface area contributed by atoms with Crippen molar-refractivity contribution in [2.75, 3.05) is 0 Å². The first kappa shape index (κ1) is 18.3. The van der Waals surface area contributed by atoms with Gasteiger partial charge >= 0.3 is 5.97 Å². The number of carboxylic acid groups (broad SMARTS) is 1. The second kappa shape index (κ2) is 6.98. The van der Waals surface area contributed by atoms with Crippen molar-refractivity contribution in [1.29, 1.82) is 0 Å². The van der Waals surface area contributed by atoms with Gasteiger partial charge in [-0.3, -0.25) is 14.4 Å². The number of carbonyl (C=O) groups is 3. The lowest BCUT2D eigenvalue weighted by molar-refractivity contribution is -0.142. The summed E-state index contributed by atoms with van der Waals surface area (Å²) in [5.74, 6) is -2.88. The van der Waals surface area contributed by atoms with Crippen LogP contribution in [0.2, 0.25) is 0 Å². The van der Waals surface area contributed by atoms with E-state index in [2.05, 4.69) is 0 Å². The van der Waals surface area contributed by atoms with E-state index in [0.29, 0.717) is 5.57 Å². The number of aliphatic hydroxyl groups is 1. The standard InChI is InChI=1S/C16H23NO5/c1-9(2)6-14(19)16(22)5-4-11(7-12(16)10(3)18)8-13(17)15(20)21/h4-5,7,9,12-13,22H,6,8,17H2,1-3H3,(H,20,21)/t12?,13-,16?/m0/s1. The van der Waals surface area contributed by atoms with E-state index in [0.717, 1.165) is 0 Å². The molecule has 0 fully saturated rings. The molecule has 0 aromatic heterocycles. The molecule has 0 bridgehead atoms. The summed E-state index contributed by atoms with van der Waals surface area (Å²) in [5, 5.41) is 19.5. The number of nitrogens with two attached hydrogens (primary N) is 1. The third kappa shape index (κ3) is 4.11. The van der Waals surface area contributed by atoms with Crippen LogP contribution in [-0.2, 0) is 14.4 Å². The Labute approximate surface area is 129 Å². The van der Waals surface area contributed by atoms with Crippen molar-refractivity contribution < 1.29 is 24.6 Å². The molecule has 0 saturated carbocycles. The molecule has 0 spiro atoms. The van der Waals surface area contributed by atoms with Crippen LogP contribution >= 0.6 is 0 Å². The summed E-state index contributed by atoms with van der Waals surface area (Å²) < 4.78 is 0. The summed E-state index contributed by atoms with van der Waals surface area (Å²) in [7, 11) is 0. The third-order valence-corrected chi connectivity index (χ3v) is 3.66. The predicted molar refractivity (Wildman–Crippen MR) is 81.0 cm³/mol. The number of carboxylic acids is 1. The minimum absolute atomic E-state index is 0.0318. The molecule has 122 valence electrons. The highest BCUT2D eigenvalue weighted by Crippen LogP contribution is 2.32. The van der Waals surface area contributed by atoms with Crippen molar-refractivity contribution in [2.24, 2.45) is 17.6 Å². The smallest absolute Gasteiger partial charge is 0.320 e. The van der Waals surface area contributed by atoms with Gasteiger partial charge in [-0.15, -0.1) is 0 Å². The first-order valence-electron chi connectivity index (χ1n) is 7.22. The van der Waals surface area contributed by atoms with Gasteiger partial charge in [0.05, 0.1) is 5.92 Å². The maximum atomic E-state index is 12.3. The van der Waals surface area contributed by atoms with Crippen LogP contribution in [0.5, 0.6) is 0 Å². The molecule has 0 amide bonds. The van der Waals surface area contributed by atoms with E-state index in [9.17, 15) is 19.5 Å². The van der Waals surface area contributed by atoms with Crippen molar-refractivity contribution in [3.05, 3.63) is 23.8 Å². The molecule has 2 unspecified atom stereocenters. The Hall–Kier alpha value is -1.79. The van der Waals surface area contributed by atoms with E-state index in [1.165, 1.54) is 25.2 Å². The molecule has 0 aromatic rings. The zero-order valence-electron chi connectivity index (χ0n) is 13.1. The van der Waals surface area contributed by atoms with Gasteiger partial charge in [-0.2, -0.15) is 0 Å². The van der Waals surface area contributed by atoms with Gasteiger partial charge in [-0.05, 0) is 30.9 Å². The highest BCUT2D eigenvalue weighted by Gasteiger charge is 2.44. The maximum absolute atomic E-state index is 12.3. The summed E-state index contributed by atoms with van der Waals surface area (Å²) in [6, 6.07) is -1.10. The molecule has 6 heteroatoms. The fraction of sp³-hybridized carbons (Fsp3) is 0.562. The predicted octanol–water partition coefficient (Wildman–Crippen LogP) is 0.836. The van der Waals surface area contributed by atoms with Crippen LogP contribution < -0.4 is 5.73 Å². The van der Waals surface area contributed by atoms with E-state index >= 15 is 0 Å². The largest absolute Gasteiger partial charge is 0.480 e. The number of carbonyl (C=O) groups excluding carboxylic acids is 2. The summed E-state index contributed by atoms with van der Waals surface area (Å²) in [5.41, 5.74) is 4.13. The molecule has 3 atom stereocenters. The molecule has 0 saturated heterocycles. The number of aliphatic carboxylic acids is 1. The number of allylic oxidation sites excluding steroid dienone is 1. The Morgan fingerprint density at radius 3 is 2.41 bits per heavy atom. The van der Waals surface area contributed by atoms with Gasteiger partial charge in [0.25, 0.3) is 0 Å². The first-order valence-corrected chi connectivity index (χ1v) is 7.22. The minimum Gasteiger partial charge on any atom is -0.480 e. The first-order chi connectivity index (χ1) is 10.1. The molecule has 6 nitrogen and oxygen atoms in total. The van der Waals surface area contributed by atoms with Gasteiger partial charge in [0, 0.05) is 6.42 Å². The summed E-state index contributed by atoms with van der Waals surface area (Å²) in [6.07, 6.45) is 4.39. The number of hydrogen-bond acceptors (Lipinski definition) is 5. The molecule has 1 aliphatic rings. The molecule has 0 aromatic carbocycles. The van der Waals surface area contributed by atoms with Crippen LogP contribution in [0.4, 0.5) is 0 Å². The van der Waals surface area contributed by atoms with Gasteiger partial charge in [0.2, 0.25) is 0 Å². The van der Waals surface area contributed by atoms with Gasteiger partial charge in [0.15, 0.2) is 11.4 Å². The quantitative estimate of drug-likeness (QED) is 0.641. The third-order valence-electron chi connectivity index (χ3n) is 3.66. The normalized spacial score (nSPS) is 25.7. The fourth-order valence-corrected chi connectivity index (χ4v) is 2.44. The lowest BCUT2D eigenvalue weighted by atomic mass is 9.74. The average molecular weight is 309 g/mol. The van der Waals surface area contributed by atoms with E-state index in [-0.39, 0.29) is 24.5 Å². The zero-order chi connectivity index (χ0) is 17.1. The van der Waals surface area contributed by atoms with Crippen molar-refractivity contribution in [2.45, 2.75) is 45.3 Å². The molecular formula is C16H23NO5. The van der Waals surface area contributed by atoms with E-state index in [4.69, 9.17) is 10.8 Å². The lowest BCUT2D eigenvalue weighted by Crippen LogP contribution is -2.48. The zero-order valence-corrected chi connectivity index (χ0v) is 13.1. The molecule has 0 radical (unpaired) electrons. The SMILES string of the molecule is CC(=O)C1C=C(C[C@H](N)C(=O)O)C=CC1(O)C(=O)CC(C)C. The average Bonchev–Trinajstić information content (AvgIpc) is 2.39. The second-order valence-electron chi connectivity index (χ2n) is 6.16. The Kier molecular flexibility index (Phi) is 5.79. The van der Waals surface area contributed by atoms with Crippen LogP contribution in [0.25, 0.3) is 0 Å². The molecular weight excluding hydrogens is 286 g/mol. The van der Waals surface area contributed by atoms with Gasteiger partial charge < -0.3 is 15.9 Å². The Balaban J connectivity index is 3.04. The van der Waals surface area contributed by atoms with Crippen molar-refractivity contribution in [3.63, 3.8) is 0 Å². The monoisotopic (exact) mass is 309 g/mol. The van der Waals surface area contributed by atoms with Crippen molar-refractivity contribution in [3.8, 4) is 0 Å². The van der Waals surface area contributed by atoms with Gasteiger partial charge in [-0.25, -0.2) is 0 Å². The second-order valence-corrected chi connectivity index (χ2v) is 6.16. The molecule has 22 heavy (non-hydrogen) atoms. The Morgan fingerprint density at radius 1 is 1.36 bits per heavy atom. The number of hydrogen-bond donors (Lipinski definition) is 3. The van der Waals surface area contributed by atoms with Crippen LogP contribution in [0, 0.1) is 11.8 Å². The van der Waals surface area contributed by atoms with Gasteiger partial charge in [-0.1, -0.05) is 26.0 Å². The topological polar surface area (TPSA) is 118 Å². The highest BCUT2D eigenvalue weighted by atomic mass is 16.4. The summed E-state index contributed by atoms with van der Waals surface area (Å²) >= 11 is 0. The number of rotatable bonds is 7. The van der Waals surface area contributed by atoms with Crippen LogP contribution in [0.15, 0.2) is 23.8 Å². The van der Waals surface area contributed by atoms with Crippen molar-refractivity contribution in [1.82, 2.24) is 0 Å². The van der Waals surface area contributed by atoms with E-state index < -0.39 is 29.3 Å². The maximum Gasteiger partial charge on any atom is 0.320 e. The van der Waals surface area contributed by atoms with E-state index in [1.807, 2.05) is 13.8 Å². The lowest BCUT2D eigenvalue weighted by Gasteiger charge is -2.33. The fourth-order valence-electron chi connectivity index (χ4n) is 2.44. The minimum atomic E-state index is -1.87. The number of ketones is 2. The Bertz CT molecular complexity index is 535.